The van der Waals surface area contributed by atoms with Crippen molar-refractivity contribution in [1.29, 1.82) is 0 Å². The van der Waals surface area contributed by atoms with Crippen LogP contribution in [0, 0.1) is 0 Å². The predicted molar refractivity (Wildman–Crippen MR) is 127 cm³/mol. The fourth-order valence-electron chi connectivity index (χ4n) is 3.39. The smallest absolute Gasteiger partial charge is 0.308 e. The number of benzene rings is 1. The second-order valence-electron chi connectivity index (χ2n) is 9.40. The van der Waals surface area contributed by atoms with Gasteiger partial charge in [-0.05, 0) is 39.2 Å². The van der Waals surface area contributed by atoms with Crippen LogP contribution < -0.4 is 10.6 Å². The second kappa shape index (κ2) is 12.4. The average molecular weight is 446 g/mol. The fraction of sp³-hybridized carbons (Fsp3) is 0.625. The quantitative estimate of drug-likeness (QED) is 0.362. The van der Waals surface area contributed by atoms with E-state index in [1.165, 1.54) is 10.5 Å². The summed E-state index contributed by atoms with van der Waals surface area (Å²) in [4.78, 5) is 32.4. The zero-order valence-corrected chi connectivity index (χ0v) is 20.2. The number of hydrogen-bond acceptors (Lipinski definition) is 5. The second-order valence-corrected chi connectivity index (χ2v) is 9.40. The minimum atomic E-state index is -0.502. The third-order valence-electron chi connectivity index (χ3n) is 5.09. The van der Waals surface area contributed by atoms with Crippen molar-refractivity contribution in [3.63, 3.8) is 0 Å². The molecule has 2 N–H and O–H groups in total. The zero-order chi connectivity index (χ0) is 23.6. The van der Waals surface area contributed by atoms with Gasteiger partial charge in [0.25, 0.3) is 0 Å². The zero-order valence-electron chi connectivity index (χ0n) is 20.2. The molecular weight excluding hydrogens is 406 g/mol. The number of hydrogen-bond donors (Lipinski definition) is 2. The molecule has 0 radical (unpaired) electrons. The number of likely N-dealkylation sites (N-methyl/N-ethyl adjacent to an activating group) is 1. The largest absolute Gasteiger partial charge is 0.460 e. The molecule has 8 heteroatoms. The summed E-state index contributed by atoms with van der Waals surface area (Å²) in [5.74, 6) is 0.226. The van der Waals surface area contributed by atoms with E-state index in [4.69, 9.17) is 4.74 Å². The van der Waals surface area contributed by atoms with Gasteiger partial charge in [0.05, 0.1) is 6.42 Å². The van der Waals surface area contributed by atoms with Crippen LogP contribution in [0.4, 0.5) is 0 Å². The number of amides is 1. The first-order valence-corrected chi connectivity index (χ1v) is 11.4. The summed E-state index contributed by atoms with van der Waals surface area (Å²) in [6.07, 6.45) is 2.21. The van der Waals surface area contributed by atoms with Crippen LogP contribution in [0.5, 0.6) is 0 Å². The van der Waals surface area contributed by atoms with E-state index in [1.54, 1.807) is 14.1 Å². The Labute approximate surface area is 192 Å². The number of nitrogens with zero attached hydrogens (tertiary/aromatic N) is 3. The third-order valence-corrected chi connectivity index (χ3v) is 5.09. The lowest BCUT2D eigenvalue weighted by Crippen LogP contribution is -2.49. The van der Waals surface area contributed by atoms with Crippen molar-refractivity contribution in [2.45, 2.75) is 58.2 Å². The molecule has 1 aromatic rings. The molecule has 1 aliphatic heterocycles. The molecule has 0 bridgehead atoms. The molecule has 0 aromatic heterocycles. The van der Waals surface area contributed by atoms with Crippen LogP contribution in [0.3, 0.4) is 0 Å². The maximum absolute atomic E-state index is 12.0. The maximum Gasteiger partial charge on any atom is 0.308 e. The summed E-state index contributed by atoms with van der Waals surface area (Å²) in [6, 6.07) is 10.8. The van der Waals surface area contributed by atoms with Crippen molar-refractivity contribution in [3.8, 4) is 0 Å². The molecule has 0 aliphatic carbocycles. The van der Waals surface area contributed by atoms with Crippen LogP contribution in [0.15, 0.2) is 35.3 Å². The Bertz CT molecular complexity index is 751. The number of carbonyl (C=O) groups excluding carboxylic acids is 2. The highest BCUT2D eigenvalue weighted by molar-refractivity contribution is 5.85. The van der Waals surface area contributed by atoms with Crippen molar-refractivity contribution in [3.05, 3.63) is 35.9 Å². The van der Waals surface area contributed by atoms with Crippen molar-refractivity contribution in [2.75, 3.05) is 40.3 Å². The molecule has 1 saturated heterocycles. The Morgan fingerprint density at radius 3 is 2.41 bits per heavy atom. The molecule has 0 atom stereocenters. The first kappa shape index (κ1) is 25.6. The van der Waals surface area contributed by atoms with E-state index in [-0.39, 0.29) is 30.9 Å². The number of likely N-dealkylation sites (tertiary alicyclic amines) is 1. The van der Waals surface area contributed by atoms with Gasteiger partial charge in [0.15, 0.2) is 5.96 Å². The van der Waals surface area contributed by atoms with Crippen molar-refractivity contribution in [1.82, 2.24) is 20.4 Å². The van der Waals surface area contributed by atoms with Crippen LogP contribution >= 0.6 is 0 Å². The normalized spacial score (nSPS) is 15.8. The number of nitrogens with one attached hydrogen (secondary N) is 2. The number of guanidine groups is 1. The van der Waals surface area contributed by atoms with E-state index in [9.17, 15) is 9.59 Å². The minimum Gasteiger partial charge on any atom is -0.460 e. The van der Waals surface area contributed by atoms with E-state index < -0.39 is 5.60 Å². The highest BCUT2D eigenvalue weighted by Crippen LogP contribution is 2.14. The van der Waals surface area contributed by atoms with Gasteiger partial charge < -0.3 is 20.3 Å². The maximum atomic E-state index is 12.0. The number of aliphatic imine (C=N–C) groups is 1. The number of ether oxygens (including phenoxy) is 1. The molecule has 1 aliphatic rings. The van der Waals surface area contributed by atoms with Crippen LogP contribution in [-0.4, -0.2) is 79.6 Å². The first-order chi connectivity index (χ1) is 15.1. The lowest BCUT2D eigenvalue weighted by atomic mass is 10.0. The van der Waals surface area contributed by atoms with Crippen molar-refractivity contribution < 1.29 is 14.3 Å². The highest BCUT2D eigenvalue weighted by Gasteiger charge is 2.21. The van der Waals surface area contributed by atoms with E-state index in [0.717, 1.165) is 32.5 Å². The molecule has 0 saturated carbocycles. The molecule has 0 unspecified atom stereocenters. The standard InChI is InChI=1S/C24H39N5O3/c1-24(2,3)32-22(31)11-14-25-23(26-17-21(30)28(4)5)27-20-12-15-29(16-13-20)18-19-9-7-6-8-10-19/h6-10,20H,11-18H2,1-5H3,(H2,25,26,27). The van der Waals surface area contributed by atoms with Gasteiger partial charge in [-0.2, -0.15) is 0 Å². The third kappa shape index (κ3) is 10.1. The monoisotopic (exact) mass is 445 g/mol. The Hall–Kier alpha value is -2.61. The SMILES string of the molecule is CN(C)C(=O)CN=C(NCCC(=O)OC(C)(C)C)NC1CCN(Cc2ccccc2)CC1. The Balaban J connectivity index is 1.85. The van der Waals surface area contributed by atoms with Gasteiger partial charge in [-0.3, -0.25) is 14.5 Å². The molecule has 1 aromatic carbocycles. The molecule has 8 nitrogen and oxygen atoms in total. The highest BCUT2D eigenvalue weighted by atomic mass is 16.6. The summed E-state index contributed by atoms with van der Waals surface area (Å²) < 4.78 is 5.35. The average Bonchev–Trinajstić information content (AvgIpc) is 2.72. The van der Waals surface area contributed by atoms with E-state index in [2.05, 4.69) is 44.8 Å². The van der Waals surface area contributed by atoms with Crippen LogP contribution in [-0.2, 0) is 20.9 Å². The fourth-order valence-corrected chi connectivity index (χ4v) is 3.39. The van der Waals surface area contributed by atoms with Crippen LogP contribution in [0.2, 0.25) is 0 Å². The summed E-state index contributed by atoms with van der Waals surface area (Å²) in [5.41, 5.74) is 0.824. The molecule has 0 spiro atoms. The van der Waals surface area contributed by atoms with E-state index in [1.807, 2.05) is 26.8 Å². The molecule has 1 heterocycles. The lowest BCUT2D eigenvalue weighted by molar-refractivity contribution is -0.154. The van der Waals surface area contributed by atoms with Gasteiger partial charge in [0.1, 0.15) is 12.1 Å². The first-order valence-electron chi connectivity index (χ1n) is 11.4. The number of carbonyl (C=O) groups is 2. The summed E-state index contributed by atoms with van der Waals surface area (Å²) >= 11 is 0. The summed E-state index contributed by atoms with van der Waals surface area (Å²) in [6.45, 7) is 8.95. The molecule has 1 amide bonds. The Morgan fingerprint density at radius 1 is 1.16 bits per heavy atom. The molecule has 2 rings (SSSR count). The van der Waals surface area contributed by atoms with Gasteiger partial charge in [-0.25, -0.2) is 4.99 Å². The predicted octanol–water partition coefficient (Wildman–Crippen LogP) is 2.01. The van der Waals surface area contributed by atoms with Crippen molar-refractivity contribution in [2.24, 2.45) is 4.99 Å². The summed E-state index contributed by atoms with van der Waals surface area (Å²) in [5, 5.41) is 6.63. The Morgan fingerprint density at radius 2 is 1.81 bits per heavy atom. The minimum absolute atomic E-state index is 0.0572. The molecule has 1 fully saturated rings. The van der Waals surface area contributed by atoms with Gasteiger partial charge in [0, 0.05) is 46.3 Å². The van der Waals surface area contributed by atoms with Crippen molar-refractivity contribution >= 4 is 17.8 Å². The van der Waals surface area contributed by atoms with Crippen LogP contribution in [0.25, 0.3) is 0 Å². The number of rotatable bonds is 8. The molecular formula is C24H39N5O3. The van der Waals surface area contributed by atoms with Crippen LogP contribution in [0.1, 0.15) is 45.6 Å². The lowest BCUT2D eigenvalue weighted by Gasteiger charge is -2.33. The van der Waals surface area contributed by atoms with E-state index >= 15 is 0 Å². The van der Waals surface area contributed by atoms with E-state index in [0.29, 0.717) is 12.5 Å². The van der Waals surface area contributed by atoms with Gasteiger partial charge in [-0.15, -0.1) is 0 Å². The Kier molecular flexibility index (Phi) is 9.97. The number of esters is 1. The number of piperidine rings is 1. The van der Waals surface area contributed by atoms with Gasteiger partial charge in [-0.1, -0.05) is 30.3 Å². The summed E-state index contributed by atoms with van der Waals surface area (Å²) in [7, 11) is 3.42. The molecule has 178 valence electrons. The topological polar surface area (TPSA) is 86.3 Å². The van der Waals surface area contributed by atoms with Gasteiger partial charge in [0.2, 0.25) is 5.91 Å². The van der Waals surface area contributed by atoms with Gasteiger partial charge >= 0.3 is 5.97 Å². The molecule has 32 heavy (non-hydrogen) atoms.